The molecule has 0 radical (unpaired) electrons. The Morgan fingerprint density at radius 3 is 0.802 bits per heavy atom. The summed E-state index contributed by atoms with van der Waals surface area (Å²) >= 11 is 0.971. The molecule has 2 nitrogen and oxygen atoms in total. The number of rotatable bonds is 30. The van der Waals surface area contributed by atoms with E-state index in [1.807, 2.05) is 0 Å². The van der Waals surface area contributed by atoms with Crippen LogP contribution in [-0.2, 0) is 0 Å². The summed E-state index contributed by atoms with van der Waals surface area (Å²) < 4.78 is 460. The average molecular weight is 1270 g/mol. The maximum atomic E-state index is 14.3. The smallest absolute Gasteiger partial charge is 0.389 e. The highest BCUT2D eigenvalue weighted by Gasteiger charge is 2.97. The van der Waals surface area contributed by atoms with Gasteiger partial charge in [-0.05, 0) is 48.9 Å². The Labute approximate surface area is 436 Å². The van der Waals surface area contributed by atoms with Crippen LogP contribution < -0.4 is 0 Å². The Balaban J connectivity index is 2.07. The largest absolute Gasteiger partial charge is 0.460 e. The molecule has 0 heterocycles. The van der Waals surface area contributed by atoms with Crippen molar-refractivity contribution in [3.8, 4) is 0 Å². The van der Waals surface area contributed by atoms with E-state index in [1.165, 1.54) is 60.7 Å². The predicted molar refractivity (Wildman–Crippen MR) is 215 cm³/mol. The second-order valence-corrected chi connectivity index (χ2v) is 18.6. The van der Waals surface area contributed by atoms with Gasteiger partial charge < -0.3 is 10.2 Å². The maximum Gasteiger partial charge on any atom is 0.460 e. The van der Waals surface area contributed by atoms with Gasteiger partial charge in [-0.3, -0.25) is 0 Å². The standard InChI is InChI=1S/C44H36F34O2S/c45-29(46,31(49,50)33(53,54)35(57,58)37(61,62)39(65,66)41(69,70)43(73,74)75)21-9-1-3-13-25(79)19-17-23-11-5-7-15-27(23)81-28-16-8-6-12-24(28)18-20-26(80)14-4-2-10-22-30(47,48)32(51,52)34(55,56)36(59,60)38(63,64)40(67,68)42(71,72)44(76,77)78/h5-8,11-12,15-20,25-26,79-80H,1-4,9-10,13-14,21-22H2. The second-order valence-electron chi connectivity index (χ2n) is 17.5. The summed E-state index contributed by atoms with van der Waals surface area (Å²) in [5.41, 5.74) is 0.576. The van der Waals surface area contributed by atoms with Crippen LogP contribution in [0.15, 0.2) is 70.5 Å². The minimum atomic E-state index is -8.76. The van der Waals surface area contributed by atoms with Crippen molar-refractivity contribution >= 4 is 23.9 Å². The van der Waals surface area contributed by atoms with Crippen molar-refractivity contribution in [2.24, 2.45) is 0 Å². The molecule has 0 spiro atoms. The van der Waals surface area contributed by atoms with Gasteiger partial charge in [0.2, 0.25) is 0 Å². The van der Waals surface area contributed by atoms with Crippen LogP contribution in [0.25, 0.3) is 12.2 Å². The van der Waals surface area contributed by atoms with Crippen LogP contribution in [0.2, 0.25) is 0 Å². The quantitative estimate of drug-likeness (QED) is 0.0605. The molecular formula is C44H36F34O2S. The lowest BCUT2D eigenvalue weighted by Crippen LogP contribution is -2.74. The molecule has 0 aliphatic heterocycles. The van der Waals surface area contributed by atoms with E-state index >= 15 is 0 Å². The Bertz CT molecular complexity index is 2270. The monoisotopic (exact) mass is 1270 g/mol. The van der Waals surface area contributed by atoms with Crippen LogP contribution in [0.3, 0.4) is 0 Å². The van der Waals surface area contributed by atoms with E-state index in [-0.39, 0.29) is 11.1 Å². The Hall–Kier alpha value is -4.19. The van der Waals surface area contributed by atoms with Gasteiger partial charge in [0, 0.05) is 22.6 Å². The SMILES string of the molecule is OC(C=Cc1ccccc1Sc1ccccc1C=CC(O)CCCCCC(F)(F)C(F)(F)C(F)(F)C(F)(F)C(F)(F)C(F)(F)C(F)(F)C(F)(F)F)CCCCCC(F)(F)C(F)(F)C(F)(F)C(F)(F)C(F)(F)C(F)(F)C(F)(F)C(F)(F)F. The number of benzene rings is 2. The molecule has 2 unspecified atom stereocenters. The number of aliphatic hydroxyl groups is 2. The van der Waals surface area contributed by atoms with Crippen molar-refractivity contribution in [1.29, 1.82) is 0 Å². The van der Waals surface area contributed by atoms with Crippen LogP contribution in [-0.4, -0.2) is 118 Å². The normalized spacial score (nSPS) is 16.2. The zero-order valence-corrected chi connectivity index (χ0v) is 40.1. The van der Waals surface area contributed by atoms with Crippen LogP contribution in [0.1, 0.15) is 75.3 Å². The second kappa shape index (κ2) is 24.1. The first-order chi connectivity index (χ1) is 35.9. The van der Waals surface area contributed by atoms with Gasteiger partial charge in [-0.1, -0.05) is 98.1 Å². The van der Waals surface area contributed by atoms with Crippen molar-refractivity contribution in [2.75, 3.05) is 0 Å². The Kier molecular flexibility index (Phi) is 21.7. The molecule has 0 amide bonds. The van der Waals surface area contributed by atoms with Gasteiger partial charge in [-0.2, -0.15) is 149 Å². The lowest BCUT2D eigenvalue weighted by Gasteiger charge is -2.42. The van der Waals surface area contributed by atoms with Gasteiger partial charge in [0.25, 0.3) is 0 Å². The van der Waals surface area contributed by atoms with Crippen LogP contribution in [0, 0.1) is 0 Å². The number of alkyl halides is 34. The van der Waals surface area contributed by atoms with Gasteiger partial charge >= 0.3 is 95.3 Å². The molecule has 0 saturated heterocycles. The predicted octanol–water partition coefficient (Wildman–Crippen LogP) is 18.5. The topological polar surface area (TPSA) is 40.5 Å². The summed E-state index contributed by atoms with van der Waals surface area (Å²) in [4.78, 5) is 0.726. The minimum absolute atomic E-state index is 0.288. The van der Waals surface area contributed by atoms with Crippen LogP contribution in [0.4, 0.5) is 149 Å². The van der Waals surface area contributed by atoms with Crippen LogP contribution in [0.5, 0.6) is 0 Å². The zero-order valence-electron chi connectivity index (χ0n) is 39.3. The van der Waals surface area contributed by atoms with E-state index in [0.29, 0.717) is 9.79 Å². The molecule has 0 fully saturated rings. The van der Waals surface area contributed by atoms with Gasteiger partial charge in [-0.25, -0.2) is 0 Å². The molecule has 2 aromatic rings. The lowest BCUT2D eigenvalue weighted by atomic mass is 9.87. The first-order valence-electron chi connectivity index (χ1n) is 21.9. The fourth-order valence-electron chi connectivity index (χ4n) is 6.62. The molecule has 81 heavy (non-hydrogen) atoms. The molecule has 2 rings (SSSR count). The summed E-state index contributed by atoms with van der Waals surface area (Å²) in [6.45, 7) is 0. The summed E-state index contributed by atoms with van der Waals surface area (Å²) in [6, 6.07) is 11.7. The molecule has 2 N–H and O–H groups in total. The van der Waals surface area contributed by atoms with Crippen molar-refractivity contribution in [3.05, 3.63) is 71.8 Å². The molecule has 468 valence electrons. The van der Waals surface area contributed by atoms with Crippen molar-refractivity contribution in [1.82, 2.24) is 0 Å². The first-order valence-corrected chi connectivity index (χ1v) is 22.8. The minimum Gasteiger partial charge on any atom is -0.389 e. The zero-order chi connectivity index (χ0) is 63.7. The van der Waals surface area contributed by atoms with E-state index in [9.17, 15) is 159 Å². The van der Waals surface area contributed by atoms with Crippen molar-refractivity contribution in [2.45, 2.75) is 181 Å². The molecule has 37 heteroatoms. The summed E-state index contributed by atoms with van der Waals surface area (Å²) in [6.07, 6.45) is -26.1. The highest BCUT2D eigenvalue weighted by atomic mass is 32.2. The third kappa shape index (κ3) is 13.4. The van der Waals surface area contributed by atoms with Gasteiger partial charge in [0.1, 0.15) is 0 Å². The fourth-order valence-corrected chi connectivity index (χ4v) is 7.66. The Morgan fingerprint density at radius 1 is 0.309 bits per heavy atom. The average Bonchev–Trinajstić information content (AvgIpc) is 3.31. The van der Waals surface area contributed by atoms with Crippen LogP contribution >= 0.6 is 11.8 Å². The van der Waals surface area contributed by atoms with Crippen molar-refractivity contribution in [3.63, 3.8) is 0 Å². The molecular weight excluding hydrogens is 1240 g/mol. The Morgan fingerprint density at radius 2 is 0.543 bits per heavy atom. The third-order valence-corrected chi connectivity index (χ3v) is 12.8. The van der Waals surface area contributed by atoms with E-state index in [2.05, 4.69) is 0 Å². The molecule has 2 aromatic carbocycles. The summed E-state index contributed by atoms with van der Waals surface area (Å²) in [5, 5.41) is 20.7. The number of unbranched alkanes of at least 4 members (excludes halogenated alkanes) is 4. The molecule has 2 atom stereocenters. The van der Waals surface area contributed by atoms with Crippen molar-refractivity contribution < 1.29 is 159 Å². The summed E-state index contributed by atoms with van der Waals surface area (Å²) in [7, 11) is 0. The number of halogens is 34. The number of hydrogen-bond donors (Lipinski definition) is 2. The summed E-state index contributed by atoms with van der Waals surface area (Å²) in [5.74, 6) is -114. The van der Waals surface area contributed by atoms with E-state index < -0.39 is 172 Å². The third-order valence-electron chi connectivity index (χ3n) is 11.6. The fraction of sp³-hybridized carbons (Fsp3) is 0.636. The van der Waals surface area contributed by atoms with Gasteiger partial charge in [0.15, 0.2) is 0 Å². The number of hydrogen-bond acceptors (Lipinski definition) is 3. The number of aliphatic hydroxyl groups excluding tert-OH is 2. The lowest BCUT2D eigenvalue weighted by molar-refractivity contribution is -0.461. The molecule has 0 aliphatic carbocycles. The van der Waals surface area contributed by atoms with E-state index in [1.54, 1.807) is 0 Å². The molecule has 0 bridgehead atoms. The maximum absolute atomic E-state index is 14.3. The first kappa shape index (κ1) is 72.9. The molecule has 0 aromatic heterocycles. The highest BCUT2D eigenvalue weighted by molar-refractivity contribution is 7.99. The van der Waals surface area contributed by atoms with Gasteiger partial charge in [0.05, 0.1) is 12.2 Å². The molecule has 0 aliphatic rings. The molecule has 0 saturated carbocycles. The van der Waals surface area contributed by atoms with E-state index in [0.717, 1.165) is 23.9 Å². The van der Waals surface area contributed by atoms with E-state index in [4.69, 9.17) is 0 Å². The van der Waals surface area contributed by atoms with Gasteiger partial charge in [-0.15, -0.1) is 0 Å². The highest BCUT2D eigenvalue weighted by Crippen LogP contribution is 2.66.